The normalized spacial score (nSPS) is 16.9. The van der Waals surface area contributed by atoms with Gasteiger partial charge in [0, 0.05) is 19.7 Å². The van der Waals surface area contributed by atoms with E-state index in [2.05, 4.69) is 21.8 Å². The Morgan fingerprint density at radius 1 is 1.53 bits per heavy atom. The lowest BCUT2D eigenvalue weighted by molar-refractivity contribution is 0.202. The average Bonchev–Trinajstić information content (AvgIpc) is 3.13. The van der Waals surface area contributed by atoms with Crippen LogP contribution in [0.3, 0.4) is 0 Å². The summed E-state index contributed by atoms with van der Waals surface area (Å²) in [7, 11) is 1.71. The van der Waals surface area contributed by atoms with Crippen molar-refractivity contribution in [1.82, 2.24) is 9.97 Å². The van der Waals surface area contributed by atoms with Gasteiger partial charge in [-0.2, -0.15) is 0 Å². The van der Waals surface area contributed by atoms with Crippen molar-refractivity contribution in [1.29, 1.82) is 0 Å². The molecule has 1 fully saturated rings. The van der Waals surface area contributed by atoms with E-state index in [1.807, 2.05) is 0 Å². The quantitative estimate of drug-likeness (QED) is 0.782. The van der Waals surface area contributed by atoms with Crippen LogP contribution in [-0.4, -0.2) is 36.3 Å². The Labute approximate surface area is 107 Å². The fourth-order valence-corrected chi connectivity index (χ4v) is 2.16. The highest BCUT2D eigenvalue weighted by atomic mass is 35.5. The van der Waals surface area contributed by atoms with Gasteiger partial charge in [-0.15, -0.1) is 0 Å². The first-order valence-electron chi connectivity index (χ1n) is 5.95. The summed E-state index contributed by atoms with van der Waals surface area (Å²) in [6, 6.07) is 0.470. The van der Waals surface area contributed by atoms with E-state index in [-0.39, 0.29) is 0 Å². The zero-order valence-corrected chi connectivity index (χ0v) is 11.0. The first-order valence-corrected chi connectivity index (χ1v) is 6.33. The van der Waals surface area contributed by atoms with Crippen LogP contribution in [-0.2, 0) is 4.74 Å². The maximum absolute atomic E-state index is 5.89. The lowest BCUT2D eigenvalue weighted by atomic mass is 10.2. The van der Waals surface area contributed by atoms with Crippen molar-refractivity contribution in [3.8, 4) is 0 Å². The number of methoxy groups -OCH3 is 1. The van der Waals surface area contributed by atoms with E-state index < -0.39 is 0 Å². The standard InChI is InChI=1S/C12H18ClN3O/c1-9(10-3-4-10)16(5-6-17-2)12-8-14-7-11(13)15-12/h7-10H,3-6H2,1-2H3. The molecule has 1 saturated carbocycles. The smallest absolute Gasteiger partial charge is 0.149 e. The molecule has 0 aliphatic heterocycles. The van der Waals surface area contributed by atoms with Crippen LogP contribution in [0, 0.1) is 5.92 Å². The monoisotopic (exact) mass is 255 g/mol. The second kappa shape index (κ2) is 5.65. The molecule has 94 valence electrons. The predicted molar refractivity (Wildman–Crippen MR) is 68.5 cm³/mol. The number of ether oxygens (including phenoxy) is 1. The van der Waals surface area contributed by atoms with Gasteiger partial charge in [-0.3, -0.25) is 4.98 Å². The van der Waals surface area contributed by atoms with Crippen molar-refractivity contribution in [3.05, 3.63) is 17.5 Å². The number of hydrogen-bond acceptors (Lipinski definition) is 4. The molecule has 1 atom stereocenters. The summed E-state index contributed by atoms with van der Waals surface area (Å²) in [6.07, 6.45) is 5.93. The molecular formula is C12H18ClN3O. The SMILES string of the molecule is COCCN(c1cncc(Cl)n1)C(C)C1CC1. The predicted octanol–water partition coefficient (Wildman–Crippen LogP) is 2.38. The first kappa shape index (κ1) is 12.6. The Kier molecular flexibility index (Phi) is 4.18. The fraction of sp³-hybridized carbons (Fsp3) is 0.667. The van der Waals surface area contributed by atoms with Gasteiger partial charge in [0.15, 0.2) is 0 Å². The van der Waals surface area contributed by atoms with Gasteiger partial charge in [0.1, 0.15) is 11.0 Å². The largest absolute Gasteiger partial charge is 0.383 e. The Balaban J connectivity index is 2.13. The first-order chi connectivity index (χ1) is 8.22. The molecule has 0 aromatic carbocycles. The van der Waals surface area contributed by atoms with Crippen molar-refractivity contribution in [2.24, 2.45) is 5.92 Å². The van der Waals surface area contributed by atoms with Crippen molar-refractivity contribution < 1.29 is 4.74 Å². The number of hydrogen-bond donors (Lipinski definition) is 0. The molecular weight excluding hydrogens is 238 g/mol. The third-order valence-corrected chi connectivity index (χ3v) is 3.40. The van der Waals surface area contributed by atoms with E-state index in [4.69, 9.17) is 16.3 Å². The van der Waals surface area contributed by atoms with Gasteiger partial charge in [-0.05, 0) is 25.7 Å². The van der Waals surface area contributed by atoms with Gasteiger partial charge >= 0.3 is 0 Å². The highest BCUT2D eigenvalue weighted by molar-refractivity contribution is 6.29. The third-order valence-electron chi connectivity index (χ3n) is 3.22. The van der Waals surface area contributed by atoms with E-state index in [0.717, 1.165) is 18.3 Å². The molecule has 1 aliphatic carbocycles. The summed E-state index contributed by atoms with van der Waals surface area (Å²) in [5, 5.41) is 0.438. The van der Waals surface area contributed by atoms with Gasteiger partial charge in [0.2, 0.25) is 0 Å². The molecule has 2 rings (SSSR count). The molecule has 1 aliphatic rings. The molecule has 1 heterocycles. The molecule has 0 spiro atoms. The van der Waals surface area contributed by atoms with Gasteiger partial charge in [-0.25, -0.2) is 4.98 Å². The van der Waals surface area contributed by atoms with Crippen molar-refractivity contribution in [2.45, 2.75) is 25.8 Å². The number of halogens is 1. The number of rotatable bonds is 6. The average molecular weight is 256 g/mol. The van der Waals surface area contributed by atoms with E-state index >= 15 is 0 Å². The number of anilines is 1. The molecule has 1 unspecified atom stereocenters. The van der Waals surface area contributed by atoms with Crippen molar-refractivity contribution in [3.63, 3.8) is 0 Å². The van der Waals surface area contributed by atoms with Crippen LogP contribution < -0.4 is 4.90 Å². The molecule has 0 radical (unpaired) electrons. The van der Waals surface area contributed by atoms with E-state index in [1.54, 1.807) is 19.5 Å². The molecule has 4 nitrogen and oxygen atoms in total. The summed E-state index contributed by atoms with van der Waals surface area (Å²) in [5.74, 6) is 1.61. The minimum absolute atomic E-state index is 0.438. The summed E-state index contributed by atoms with van der Waals surface area (Å²) < 4.78 is 5.15. The summed E-state index contributed by atoms with van der Waals surface area (Å²) >= 11 is 5.89. The van der Waals surface area contributed by atoms with Gasteiger partial charge < -0.3 is 9.64 Å². The Hall–Kier alpha value is -0.870. The number of aromatic nitrogens is 2. The topological polar surface area (TPSA) is 38.2 Å². The second-order valence-corrected chi connectivity index (χ2v) is 4.85. The third kappa shape index (κ3) is 3.30. The van der Waals surface area contributed by atoms with Crippen LogP contribution >= 0.6 is 11.6 Å². The summed E-state index contributed by atoms with van der Waals surface area (Å²) in [4.78, 5) is 10.7. The molecule has 0 amide bonds. The molecule has 0 N–H and O–H groups in total. The van der Waals surface area contributed by atoms with Gasteiger partial charge in [0.05, 0.1) is 19.0 Å². The highest BCUT2D eigenvalue weighted by Crippen LogP contribution is 2.36. The molecule has 1 aromatic rings. The van der Waals surface area contributed by atoms with Crippen molar-refractivity contribution >= 4 is 17.4 Å². The highest BCUT2D eigenvalue weighted by Gasteiger charge is 2.32. The van der Waals surface area contributed by atoms with E-state index in [0.29, 0.717) is 17.8 Å². The van der Waals surface area contributed by atoms with Crippen LogP contribution in [0.15, 0.2) is 12.4 Å². The minimum Gasteiger partial charge on any atom is -0.383 e. The Morgan fingerprint density at radius 3 is 2.88 bits per heavy atom. The van der Waals surface area contributed by atoms with E-state index in [1.165, 1.54) is 12.8 Å². The Bertz CT molecular complexity index is 371. The van der Waals surface area contributed by atoms with E-state index in [9.17, 15) is 0 Å². The van der Waals surface area contributed by atoms with Crippen LogP contribution in [0.2, 0.25) is 5.15 Å². The van der Waals surface area contributed by atoms with Crippen LogP contribution in [0.25, 0.3) is 0 Å². The molecule has 0 bridgehead atoms. The zero-order valence-electron chi connectivity index (χ0n) is 10.3. The van der Waals surface area contributed by atoms with Crippen LogP contribution in [0.4, 0.5) is 5.82 Å². The maximum atomic E-state index is 5.89. The lowest BCUT2D eigenvalue weighted by Crippen LogP contribution is -2.38. The fourth-order valence-electron chi connectivity index (χ4n) is 2.02. The van der Waals surface area contributed by atoms with Gasteiger partial charge in [0.25, 0.3) is 0 Å². The summed E-state index contributed by atoms with van der Waals surface area (Å²) in [5.41, 5.74) is 0. The maximum Gasteiger partial charge on any atom is 0.149 e. The van der Waals surface area contributed by atoms with Crippen LogP contribution in [0.5, 0.6) is 0 Å². The molecule has 17 heavy (non-hydrogen) atoms. The second-order valence-electron chi connectivity index (χ2n) is 4.46. The minimum atomic E-state index is 0.438. The summed E-state index contributed by atoms with van der Waals surface area (Å²) in [6.45, 7) is 3.74. The zero-order chi connectivity index (χ0) is 12.3. The lowest BCUT2D eigenvalue weighted by Gasteiger charge is -2.30. The van der Waals surface area contributed by atoms with Gasteiger partial charge in [-0.1, -0.05) is 11.6 Å². The molecule has 1 aromatic heterocycles. The van der Waals surface area contributed by atoms with Crippen LogP contribution in [0.1, 0.15) is 19.8 Å². The molecule has 0 saturated heterocycles. The Morgan fingerprint density at radius 2 is 2.29 bits per heavy atom. The van der Waals surface area contributed by atoms with Crippen molar-refractivity contribution in [2.75, 3.05) is 25.2 Å². The number of nitrogens with zero attached hydrogens (tertiary/aromatic N) is 3. The molecule has 5 heteroatoms.